The Morgan fingerprint density at radius 2 is 2.00 bits per heavy atom. The van der Waals surface area contributed by atoms with Crippen molar-refractivity contribution in [2.45, 2.75) is 37.3 Å². The van der Waals surface area contributed by atoms with Crippen LogP contribution in [0.25, 0.3) is 0 Å². The summed E-state index contributed by atoms with van der Waals surface area (Å²) in [6, 6.07) is 8.54. The number of nitrogens with zero attached hydrogens (tertiary/aromatic N) is 1. The maximum Gasteiger partial charge on any atom is 0.408 e. The molecule has 1 aliphatic carbocycles. The number of carbonyl (C=O) groups excluding carboxylic acids is 2. The monoisotopic (exact) mass is 401 g/mol. The SMILES string of the molecule is O=C(N[C@H]1C(=O)O[C@@H]2[C@H](O)[C@H](n3ccc(=O)[nH]c3=O)C[C@@H]21)OCc1ccccc1. The number of nitrogens with one attached hydrogen (secondary N) is 2. The molecule has 10 heteroatoms. The predicted octanol–water partition coefficient (Wildman–Crippen LogP) is -0.321. The fourth-order valence-corrected chi connectivity index (χ4v) is 3.91. The van der Waals surface area contributed by atoms with Gasteiger partial charge in [-0.3, -0.25) is 14.3 Å². The molecular weight excluding hydrogens is 382 g/mol. The third-order valence-corrected chi connectivity index (χ3v) is 5.30. The lowest BCUT2D eigenvalue weighted by molar-refractivity contribution is -0.147. The van der Waals surface area contributed by atoms with Crippen molar-refractivity contribution < 1.29 is 24.2 Å². The zero-order valence-electron chi connectivity index (χ0n) is 15.2. The fraction of sp³-hybridized carbons (Fsp3) is 0.368. The second-order valence-electron chi connectivity index (χ2n) is 7.06. The van der Waals surface area contributed by atoms with Crippen molar-refractivity contribution in [1.82, 2.24) is 14.9 Å². The van der Waals surface area contributed by atoms with Crippen LogP contribution in [0.2, 0.25) is 0 Å². The highest BCUT2D eigenvalue weighted by molar-refractivity contribution is 5.83. The molecule has 1 aliphatic heterocycles. The normalized spacial score (nSPS) is 27.9. The number of fused-ring (bicyclic) bond motifs is 1. The van der Waals surface area contributed by atoms with Crippen LogP contribution in [-0.2, 0) is 20.9 Å². The van der Waals surface area contributed by atoms with E-state index in [1.54, 1.807) is 12.1 Å². The summed E-state index contributed by atoms with van der Waals surface area (Å²) in [5.41, 5.74) is -0.422. The summed E-state index contributed by atoms with van der Waals surface area (Å²) in [7, 11) is 0. The second-order valence-corrected chi connectivity index (χ2v) is 7.06. The van der Waals surface area contributed by atoms with E-state index in [1.165, 1.54) is 16.8 Å². The van der Waals surface area contributed by atoms with E-state index in [0.717, 1.165) is 5.56 Å². The third-order valence-electron chi connectivity index (χ3n) is 5.30. The minimum Gasteiger partial charge on any atom is -0.458 e. The topological polar surface area (TPSA) is 140 Å². The zero-order valence-corrected chi connectivity index (χ0v) is 15.2. The molecule has 1 saturated carbocycles. The van der Waals surface area contributed by atoms with Crippen LogP contribution in [0.4, 0.5) is 4.79 Å². The Balaban J connectivity index is 1.44. The van der Waals surface area contributed by atoms with Crippen LogP contribution in [0, 0.1) is 5.92 Å². The first-order valence-electron chi connectivity index (χ1n) is 9.11. The van der Waals surface area contributed by atoms with Gasteiger partial charge in [0, 0.05) is 18.2 Å². The van der Waals surface area contributed by atoms with Gasteiger partial charge in [0.05, 0.1) is 6.04 Å². The first-order chi connectivity index (χ1) is 13.9. The Bertz CT molecular complexity index is 1030. The Morgan fingerprint density at radius 3 is 2.72 bits per heavy atom. The number of carbonyl (C=O) groups is 2. The Labute approximate surface area is 164 Å². The van der Waals surface area contributed by atoms with E-state index in [9.17, 15) is 24.3 Å². The molecule has 1 saturated heterocycles. The van der Waals surface area contributed by atoms with Crippen molar-refractivity contribution in [2.24, 2.45) is 5.92 Å². The average Bonchev–Trinajstić information content (AvgIpc) is 3.17. The highest BCUT2D eigenvalue weighted by Crippen LogP contribution is 2.42. The van der Waals surface area contributed by atoms with Crippen molar-refractivity contribution in [3.63, 3.8) is 0 Å². The average molecular weight is 401 g/mol. The van der Waals surface area contributed by atoms with Crippen LogP contribution in [0.5, 0.6) is 0 Å². The highest BCUT2D eigenvalue weighted by Gasteiger charge is 2.56. The number of rotatable bonds is 4. The van der Waals surface area contributed by atoms with E-state index in [4.69, 9.17) is 9.47 Å². The summed E-state index contributed by atoms with van der Waals surface area (Å²) in [6.45, 7) is 0.0422. The number of aromatic nitrogens is 2. The van der Waals surface area contributed by atoms with Gasteiger partial charge in [-0.25, -0.2) is 14.4 Å². The van der Waals surface area contributed by atoms with E-state index in [0.29, 0.717) is 0 Å². The van der Waals surface area contributed by atoms with Gasteiger partial charge in [0.15, 0.2) is 0 Å². The molecular formula is C19H19N3O7. The molecule has 10 nitrogen and oxygen atoms in total. The molecule has 4 rings (SSSR count). The summed E-state index contributed by atoms with van der Waals surface area (Å²) in [6.07, 6.45) is -1.32. The van der Waals surface area contributed by atoms with E-state index in [1.807, 2.05) is 18.2 Å². The predicted molar refractivity (Wildman–Crippen MR) is 97.9 cm³/mol. The van der Waals surface area contributed by atoms with E-state index >= 15 is 0 Å². The lowest BCUT2D eigenvalue weighted by Crippen LogP contribution is -2.43. The molecule has 0 bridgehead atoms. The van der Waals surface area contributed by atoms with Crippen LogP contribution >= 0.6 is 0 Å². The molecule has 5 atom stereocenters. The molecule has 2 fully saturated rings. The number of esters is 1. The molecule has 1 amide bonds. The molecule has 2 aliphatic rings. The number of aliphatic hydroxyl groups excluding tert-OH is 1. The minimum absolute atomic E-state index is 0.0422. The number of benzene rings is 1. The van der Waals surface area contributed by atoms with Crippen molar-refractivity contribution in [3.8, 4) is 0 Å². The molecule has 3 N–H and O–H groups in total. The van der Waals surface area contributed by atoms with E-state index in [2.05, 4.69) is 10.3 Å². The Morgan fingerprint density at radius 1 is 1.24 bits per heavy atom. The number of hydrogen-bond acceptors (Lipinski definition) is 7. The maximum absolute atomic E-state index is 12.2. The van der Waals surface area contributed by atoms with Gasteiger partial charge in [0.25, 0.3) is 5.56 Å². The van der Waals surface area contributed by atoms with E-state index < -0.39 is 53.5 Å². The summed E-state index contributed by atoms with van der Waals surface area (Å²) in [5, 5.41) is 13.0. The highest BCUT2D eigenvalue weighted by atomic mass is 16.6. The number of aromatic amines is 1. The van der Waals surface area contributed by atoms with Crippen LogP contribution in [0.1, 0.15) is 18.0 Å². The zero-order chi connectivity index (χ0) is 20.5. The van der Waals surface area contributed by atoms with Gasteiger partial charge >= 0.3 is 17.8 Å². The summed E-state index contributed by atoms with van der Waals surface area (Å²) in [4.78, 5) is 49.7. The summed E-state index contributed by atoms with van der Waals surface area (Å²) in [5.74, 6) is -1.20. The van der Waals surface area contributed by atoms with Crippen molar-refractivity contribution in [1.29, 1.82) is 0 Å². The first-order valence-corrected chi connectivity index (χ1v) is 9.11. The molecule has 0 radical (unpaired) electrons. The number of aliphatic hydroxyl groups is 1. The smallest absolute Gasteiger partial charge is 0.408 e. The van der Waals surface area contributed by atoms with Gasteiger partial charge in [0.2, 0.25) is 0 Å². The van der Waals surface area contributed by atoms with Crippen LogP contribution < -0.4 is 16.6 Å². The Hall–Kier alpha value is -3.40. The number of alkyl carbamates (subject to hydrolysis) is 1. The summed E-state index contributed by atoms with van der Waals surface area (Å²) >= 11 is 0. The standard InChI is InChI=1S/C19H19N3O7/c23-13-6-7-22(18(26)20-13)12-8-11-14(17(25)29-16(11)15(12)24)21-19(27)28-9-10-4-2-1-3-5-10/h1-7,11-12,14-16,24H,8-9H2,(H,21,27)(H,20,23,26)/t11-,12-,14-,15-,16+/m1/s1. The largest absolute Gasteiger partial charge is 0.458 e. The van der Waals surface area contributed by atoms with Crippen LogP contribution in [0.15, 0.2) is 52.2 Å². The second kappa shape index (κ2) is 7.55. The molecule has 2 heterocycles. The molecule has 0 spiro atoms. The minimum atomic E-state index is -1.15. The number of H-pyrrole nitrogens is 1. The van der Waals surface area contributed by atoms with Crippen LogP contribution in [-0.4, -0.2) is 45.0 Å². The quantitative estimate of drug-likeness (QED) is 0.597. The molecule has 2 aromatic rings. The van der Waals surface area contributed by atoms with Gasteiger partial charge in [-0.05, 0) is 12.0 Å². The first kappa shape index (κ1) is 18.9. The molecule has 0 unspecified atom stereocenters. The van der Waals surface area contributed by atoms with Gasteiger partial charge in [-0.2, -0.15) is 0 Å². The van der Waals surface area contributed by atoms with Gasteiger partial charge in [0.1, 0.15) is 24.9 Å². The fourth-order valence-electron chi connectivity index (χ4n) is 3.91. The lowest BCUT2D eigenvalue weighted by atomic mass is 9.99. The van der Waals surface area contributed by atoms with Crippen molar-refractivity contribution >= 4 is 12.1 Å². The lowest BCUT2D eigenvalue weighted by Gasteiger charge is -2.20. The summed E-state index contributed by atoms with van der Waals surface area (Å²) < 4.78 is 11.6. The van der Waals surface area contributed by atoms with Crippen molar-refractivity contribution in [3.05, 3.63) is 69.0 Å². The number of hydrogen-bond donors (Lipinski definition) is 3. The third kappa shape index (κ3) is 3.66. The number of ether oxygens (including phenoxy) is 2. The number of amides is 1. The van der Waals surface area contributed by atoms with Crippen LogP contribution in [0.3, 0.4) is 0 Å². The molecule has 29 heavy (non-hydrogen) atoms. The van der Waals surface area contributed by atoms with E-state index in [-0.39, 0.29) is 13.0 Å². The van der Waals surface area contributed by atoms with Gasteiger partial charge < -0.3 is 19.9 Å². The molecule has 152 valence electrons. The maximum atomic E-state index is 12.2. The molecule has 1 aromatic carbocycles. The van der Waals surface area contributed by atoms with Gasteiger partial charge in [-0.15, -0.1) is 0 Å². The van der Waals surface area contributed by atoms with Crippen molar-refractivity contribution in [2.75, 3.05) is 0 Å². The van der Waals surface area contributed by atoms with Gasteiger partial charge in [-0.1, -0.05) is 30.3 Å². The Kier molecular flexibility index (Phi) is 4.93. The molecule has 1 aromatic heterocycles.